The van der Waals surface area contributed by atoms with E-state index >= 15 is 0 Å². The molecule has 0 amide bonds. The van der Waals surface area contributed by atoms with Gasteiger partial charge in [-0.15, -0.1) is 0 Å². The third-order valence-corrected chi connectivity index (χ3v) is 4.26. The van der Waals surface area contributed by atoms with Gasteiger partial charge in [0.25, 0.3) is 6.29 Å². The van der Waals surface area contributed by atoms with Gasteiger partial charge < -0.3 is 14.2 Å². The van der Waals surface area contributed by atoms with Gasteiger partial charge in [0.1, 0.15) is 5.76 Å². The number of ether oxygens (including phenoxy) is 3. The fourth-order valence-corrected chi connectivity index (χ4v) is 3.10. The number of carbonyl (C=O) groups excluding carboxylic acids is 2. The predicted octanol–water partition coefficient (Wildman–Crippen LogP) is 2.43. The van der Waals surface area contributed by atoms with Crippen molar-refractivity contribution in [3.63, 3.8) is 0 Å². The van der Waals surface area contributed by atoms with Gasteiger partial charge in [-0.1, -0.05) is 18.2 Å². The van der Waals surface area contributed by atoms with Crippen LogP contribution in [0.3, 0.4) is 0 Å². The maximum atomic E-state index is 12.0. The molecule has 112 valence electrons. The number of fused-ring (bicyclic) bond motifs is 2. The van der Waals surface area contributed by atoms with Gasteiger partial charge in [0, 0.05) is 11.6 Å². The monoisotopic (exact) mass is 298 g/mol. The Bertz CT molecular complexity index is 732. The van der Waals surface area contributed by atoms with Gasteiger partial charge in [-0.2, -0.15) is 0 Å². The normalized spacial score (nSPS) is 30.9. The Labute approximate surface area is 127 Å². The molecule has 2 aliphatic carbocycles. The zero-order chi connectivity index (χ0) is 15.3. The summed E-state index contributed by atoms with van der Waals surface area (Å²) in [6.07, 6.45) is 9.85. The molecule has 0 spiro atoms. The Kier molecular flexibility index (Phi) is 2.82. The molecule has 2 atom stereocenters. The largest absolute Gasteiger partial charge is 0.458 e. The molecule has 2 heterocycles. The van der Waals surface area contributed by atoms with Crippen molar-refractivity contribution in [2.75, 3.05) is 0 Å². The molecule has 0 unspecified atom stereocenters. The third-order valence-electron chi connectivity index (χ3n) is 4.26. The van der Waals surface area contributed by atoms with Crippen LogP contribution in [-0.4, -0.2) is 18.2 Å². The van der Waals surface area contributed by atoms with Crippen molar-refractivity contribution in [3.8, 4) is 0 Å². The van der Waals surface area contributed by atoms with Crippen molar-refractivity contribution in [1.82, 2.24) is 0 Å². The number of hydrogen-bond donors (Lipinski definition) is 0. The van der Waals surface area contributed by atoms with Gasteiger partial charge in [0.2, 0.25) is 0 Å². The summed E-state index contributed by atoms with van der Waals surface area (Å²) < 4.78 is 15.8. The summed E-state index contributed by atoms with van der Waals surface area (Å²) in [5, 5.41) is 0. The summed E-state index contributed by atoms with van der Waals surface area (Å²) in [6.45, 7) is 1.66. The Morgan fingerprint density at radius 1 is 1.32 bits per heavy atom. The topological polar surface area (TPSA) is 61.8 Å². The second-order valence-electron chi connectivity index (χ2n) is 5.65. The van der Waals surface area contributed by atoms with E-state index in [-0.39, 0.29) is 11.9 Å². The number of carbonyl (C=O) groups is 2. The second-order valence-corrected chi connectivity index (χ2v) is 5.65. The molecule has 1 fully saturated rings. The Balaban J connectivity index is 1.57. The summed E-state index contributed by atoms with van der Waals surface area (Å²) in [7, 11) is 0. The van der Waals surface area contributed by atoms with Gasteiger partial charge in [0.05, 0.1) is 17.8 Å². The molecule has 0 aromatic heterocycles. The molecule has 0 saturated carbocycles. The average Bonchev–Trinajstić information content (AvgIpc) is 3.10. The summed E-state index contributed by atoms with van der Waals surface area (Å²) in [5.41, 5.74) is 3.30. The lowest BCUT2D eigenvalue weighted by molar-refractivity contribution is -0.152. The van der Waals surface area contributed by atoms with E-state index in [2.05, 4.69) is 6.08 Å². The molecule has 5 nitrogen and oxygen atoms in total. The third kappa shape index (κ3) is 1.93. The molecular weight excluding hydrogens is 284 g/mol. The minimum Gasteiger partial charge on any atom is -0.458 e. The van der Waals surface area contributed by atoms with Gasteiger partial charge in [-0.3, -0.25) is 0 Å². The van der Waals surface area contributed by atoms with Gasteiger partial charge in [0.15, 0.2) is 0 Å². The molecule has 22 heavy (non-hydrogen) atoms. The molecule has 2 aliphatic heterocycles. The summed E-state index contributed by atoms with van der Waals surface area (Å²) in [5.74, 6) is -0.129. The van der Waals surface area contributed by atoms with Crippen molar-refractivity contribution in [1.29, 1.82) is 0 Å². The zero-order valence-electron chi connectivity index (χ0n) is 12.0. The molecule has 5 heteroatoms. The minimum atomic E-state index is -0.769. The van der Waals surface area contributed by atoms with Crippen LogP contribution in [0.15, 0.2) is 58.6 Å². The molecule has 0 bridgehead atoms. The van der Waals surface area contributed by atoms with E-state index < -0.39 is 12.3 Å². The second kappa shape index (κ2) is 4.73. The molecule has 0 radical (unpaired) electrons. The highest BCUT2D eigenvalue weighted by molar-refractivity contribution is 5.94. The molecular formula is C17H14O5. The van der Waals surface area contributed by atoms with E-state index in [1.54, 1.807) is 13.0 Å². The molecule has 0 N–H and O–H groups in total. The van der Waals surface area contributed by atoms with Crippen molar-refractivity contribution >= 4 is 11.9 Å². The summed E-state index contributed by atoms with van der Waals surface area (Å²) >= 11 is 0. The number of allylic oxidation sites excluding steroid dienone is 6. The predicted molar refractivity (Wildman–Crippen MR) is 75.9 cm³/mol. The SMILES string of the molecule is CC1=C[C@H](OC=C2C(=O)OC3=C4CC=CC=C4C[C@H]23)OC1=O. The lowest BCUT2D eigenvalue weighted by atomic mass is 9.98. The number of rotatable bonds is 2. The standard InChI is InChI=1S/C17H14O5/c1-9-6-14(21-16(9)18)20-8-13-12-7-10-4-2-3-5-11(10)15(12)22-17(13)19/h2-4,6,8,12,14H,5,7H2,1H3/t12-,14-/m1/s1. The van der Waals surface area contributed by atoms with Crippen molar-refractivity contribution in [3.05, 3.63) is 58.6 Å². The highest BCUT2D eigenvalue weighted by atomic mass is 16.7. The maximum absolute atomic E-state index is 12.0. The van der Waals surface area contributed by atoms with Crippen molar-refractivity contribution in [2.45, 2.75) is 26.1 Å². The minimum absolute atomic E-state index is 0.0872. The summed E-state index contributed by atoms with van der Waals surface area (Å²) in [4.78, 5) is 23.3. The van der Waals surface area contributed by atoms with Gasteiger partial charge >= 0.3 is 11.9 Å². The maximum Gasteiger partial charge on any atom is 0.343 e. The van der Waals surface area contributed by atoms with Gasteiger partial charge in [-0.25, -0.2) is 9.59 Å². The van der Waals surface area contributed by atoms with E-state index in [0.717, 1.165) is 24.2 Å². The fraction of sp³-hybridized carbons (Fsp3) is 0.294. The molecule has 4 rings (SSSR count). The first-order valence-corrected chi connectivity index (χ1v) is 7.19. The average molecular weight is 298 g/mol. The molecule has 1 saturated heterocycles. The zero-order valence-corrected chi connectivity index (χ0v) is 12.0. The molecule has 4 aliphatic rings. The molecule has 0 aromatic rings. The Morgan fingerprint density at radius 2 is 2.18 bits per heavy atom. The summed E-state index contributed by atoms with van der Waals surface area (Å²) in [6, 6.07) is 0. The van der Waals surface area contributed by atoms with Crippen LogP contribution >= 0.6 is 0 Å². The Morgan fingerprint density at radius 3 is 2.95 bits per heavy atom. The van der Waals surface area contributed by atoms with E-state index in [0.29, 0.717) is 11.1 Å². The number of cyclic esters (lactones) is 1. The quantitative estimate of drug-likeness (QED) is 0.445. The van der Waals surface area contributed by atoms with E-state index in [4.69, 9.17) is 14.2 Å². The number of esters is 2. The van der Waals surface area contributed by atoms with Crippen LogP contribution in [0.2, 0.25) is 0 Å². The first-order chi connectivity index (χ1) is 10.6. The molecule has 0 aromatic carbocycles. The van der Waals surface area contributed by atoms with Crippen LogP contribution in [0, 0.1) is 5.92 Å². The van der Waals surface area contributed by atoms with Gasteiger partial charge in [-0.05, 0) is 30.9 Å². The Hall–Kier alpha value is -2.56. The van der Waals surface area contributed by atoms with Crippen LogP contribution in [-0.2, 0) is 23.8 Å². The first-order valence-electron chi connectivity index (χ1n) is 7.19. The van der Waals surface area contributed by atoms with E-state index in [1.165, 1.54) is 11.8 Å². The lowest BCUT2D eigenvalue weighted by Gasteiger charge is -2.09. The number of hydrogen-bond acceptors (Lipinski definition) is 5. The highest BCUT2D eigenvalue weighted by Gasteiger charge is 2.43. The van der Waals surface area contributed by atoms with E-state index in [1.807, 2.05) is 12.2 Å². The van der Waals surface area contributed by atoms with Crippen LogP contribution < -0.4 is 0 Å². The van der Waals surface area contributed by atoms with Crippen molar-refractivity contribution in [2.24, 2.45) is 5.92 Å². The highest BCUT2D eigenvalue weighted by Crippen LogP contribution is 2.48. The van der Waals surface area contributed by atoms with Crippen molar-refractivity contribution < 1.29 is 23.8 Å². The lowest BCUT2D eigenvalue weighted by Crippen LogP contribution is -2.11. The van der Waals surface area contributed by atoms with Crippen LogP contribution in [0.25, 0.3) is 0 Å². The first kappa shape index (κ1) is 13.1. The van der Waals surface area contributed by atoms with Crippen LogP contribution in [0.1, 0.15) is 19.8 Å². The van der Waals surface area contributed by atoms with Crippen LogP contribution in [0.4, 0.5) is 0 Å². The van der Waals surface area contributed by atoms with Crippen LogP contribution in [0.5, 0.6) is 0 Å². The fourth-order valence-electron chi connectivity index (χ4n) is 3.10. The van der Waals surface area contributed by atoms with E-state index in [9.17, 15) is 9.59 Å². The smallest absolute Gasteiger partial charge is 0.343 e.